The minimum Gasteiger partial charge on any atom is -0.496 e. The summed E-state index contributed by atoms with van der Waals surface area (Å²) in [5, 5.41) is 0. The molecule has 0 spiro atoms. The van der Waals surface area contributed by atoms with Crippen LogP contribution >= 0.6 is 0 Å². The van der Waals surface area contributed by atoms with Crippen LogP contribution in [0.2, 0.25) is 0 Å². The van der Waals surface area contributed by atoms with Crippen molar-refractivity contribution in [3.63, 3.8) is 0 Å². The van der Waals surface area contributed by atoms with Gasteiger partial charge in [0, 0.05) is 17.7 Å². The molecule has 0 aliphatic heterocycles. The van der Waals surface area contributed by atoms with Crippen molar-refractivity contribution in [2.24, 2.45) is 5.84 Å². The van der Waals surface area contributed by atoms with Gasteiger partial charge in [0.2, 0.25) is 0 Å². The Hall–Kier alpha value is -1.59. The highest BCUT2D eigenvalue weighted by Crippen LogP contribution is 2.20. The number of benzene rings is 1. The molecule has 0 fully saturated rings. The normalized spacial score (nSPS) is 10.1. The molecule has 3 N–H and O–H groups in total. The SMILES string of the molecule is CCCOCc1cc(C(=O)NN)ccc1OC. The molecule has 5 heteroatoms. The summed E-state index contributed by atoms with van der Waals surface area (Å²) in [6, 6.07) is 5.11. The van der Waals surface area contributed by atoms with Gasteiger partial charge in [-0.05, 0) is 24.6 Å². The lowest BCUT2D eigenvalue weighted by atomic mass is 10.1. The summed E-state index contributed by atoms with van der Waals surface area (Å²) in [7, 11) is 1.58. The zero-order chi connectivity index (χ0) is 12.7. The number of nitrogen functional groups attached to an aromatic ring is 1. The third-order valence-corrected chi connectivity index (χ3v) is 2.28. The number of nitrogens with two attached hydrogens (primary N) is 1. The van der Waals surface area contributed by atoms with Crippen LogP contribution in [0.15, 0.2) is 18.2 Å². The second-order valence-corrected chi connectivity index (χ2v) is 3.55. The maximum Gasteiger partial charge on any atom is 0.265 e. The van der Waals surface area contributed by atoms with Crippen molar-refractivity contribution in [3.8, 4) is 5.75 Å². The van der Waals surface area contributed by atoms with Crippen LogP contribution in [0.1, 0.15) is 29.3 Å². The number of carbonyl (C=O) groups is 1. The molecule has 1 amide bonds. The number of hydrazine groups is 1. The van der Waals surface area contributed by atoms with Crippen LogP contribution in [-0.2, 0) is 11.3 Å². The van der Waals surface area contributed by atoms with Gasteiger partial charge in [-0.25, -0.2) is 5.84 Å². The van der Waals surface area contributed by atoms with Gasteiger partial charge < -0.3 is 9.47 Å². The third-order valence-electron chi connectivity index (χ3n) is 2.28. The summed E-state index contributed by atoms with van der Waals surface area (Å²) in [6.07, 6.45) is 0.950. The van der Waals surface area contributed by atoms with Crippen molar-refractivity contribution in [2.75, 3.05) is 13.7 Å². The van der Waals surface area contributed by atoms with E-state index in [-0.39, 0.29) is 5.91 Å². The molecule has 0 radical (unpaired) electrons. The van der Waals surface area contributed by atoms with E-state index in [1.165, 1.54) is 0 Å². The molecule has 0 saturated heterocycles. The maximum absolute atomic E-state index is 11.4. The lowest BCUT2D eigenvalue weighted by Gasteiger charge is -2.10. The van der Waals surface area contributed by atoms with E-state index < -0.39 is 0 Å². The Morgan fingerprint density at radius 3 is 2.82 bits per heavy atom. The van der Waals surface area contributed by atoms with E-state index >= 15 is 0 Å². The standard InChI is InChI=1S/C12H18N2O3/c1-3-6-17-8-10-7-9(12(15)14-13)4-5-11(10)16-2/h4-5,7H,3,6,8,13H2,1-2H3,(H,14,15). The van der Waals surface area contributed by atoms with E-state index in [4.69, 9.17) is 15.3 Å². The molecule has 0 aliphatic carbocycles. The van der Waals surface area contributed by atoms with Crippen molar-refractivity contribution < 1.29 is 14.3 Å². The van der Waals surface area contributed by atoms with Crippen LogP contribution in [0, 0.1) is 0 Å². The monoisotopic (exact) mass is 238 g/mol. The van der Waals surface area contributed by atoms with Gasteiger partial charge in [0.05, 0.1) is 13.7 Å². The number of carbonyl (C=O) groups excluding carboxylic acids is 1. The molecule has 0 aliphatic rings. The van der Waals surface area contributed by atoms with Gasteiger partial charge in [-0.1, -0.05) is 6.92 Å². The zero-order valence-corrected chi connectivity index (χ0v) is 10.2. The average Bonchev–Trinajstić information content (AvgIpc) is 2.38. The number of hydrogen-bond donors (Lipinski definition) is 2. The summed E-state index contributed by atoms with van der Waals surface area (Å²) in [6.45, 7) is 3.13. The summed E-state index contributed by atoms with van der Waals surface area (Å²) >= 11 is 0. The molecule has 0 atom stereocenters. The first-order chi connectivity index (χ1) is 8.22. The third kappa shape index (κ3) is 3.72. The first-order valence-corrected chi connectivity index (χ1v) is 5.48. The van der Waals surface area contributed by atoms with Gasteiger partial charge in [0.15, 0.2) is 0 Å². The van der Waals surface area contributed by atoms with Gasteiger partial charge in [-0.3, -0.25) is 10.2 Å². The molecular formula is C12H18N2O3. The largest absolute Gasteiger partial charge is 0.496 e. The van der Waals surface area contributed by atoms with Crippen LogP contribution in [0.4, 0.5) is 0 Å². The van der Waals surface area contributed by atoms with E-state index in [0.717, 1.165) is 12.0 Å². The molecule has 0 bridgehead atoms. The molecule has 94 valence electrons. The molecule has 0 aromatic heterocycles. The Balaban J connectivity index is 2.86. The Morgan fingerprint density at radius 1 is 1.47 bits per heavy atom. The van der Waals surface area contributed by atoms with E-state index in [9.17, 15) is 4.79 Å². The number of methoxy groups -OCH3 is 1. The summed E-state index contributed by atoms with van der Waals surface area (Å²) in [5.41, 5.74) is 3.42. The number of rotatable bonds is 6. The van der Waals surface area contributed by atoms with Gasteiger partial charge in [0.1, 0.15) is 5.75 Å². The summed E-state index contributed by atoms with van der Waals surface area (Å²) in [4.78, 5) is 11.4. The van der Waals surface area contributed by atoms with Gasteiger partial charge in [-0.15, -0.1) is 0 Å². The lowest BCUT2D eigenvalue weighted by Crippen LogP contribution is -2.30. The molecule has 1 rings (SSSR count). The van der Waals surface area contributed by atoms with Gasteiger partial charge in [-0.2, -0.15) is 0 Å². The van der Waals surface area contributed by atoms with Crippen molar-refractivity contribution in [3.05, 3.63) is 29.3 Å². The Bertz CT molecular complexity index is 380. The minimum atomic E-state index is -0.329. The fraction of sp³-hybridized carbons (Fsp3) is 0.417. The Labute approximate surface area is 101 Å². The van der Waals surface area contributed by atoms with Crippen LogP contribution in [0.25, 0.3) is 0 Å². The highest BCUT2D eigenvalue weighted by atomic mass is 16.5. The molecule has 1 aromatic rings. The maximum atomic E-state index is 11.4. The van der Waals surface area contributed by atoms with Crippen molar-refractivity contribution in [1.82, 2.24) is 5.43 Å². The molecule has 0 heterocycles. The summed E-state index contributed by atoms with van der Waals surface area (Å²) in [5.74, 6) is 5.46. The second-order valence-electron chi connectivity index (χ2n) is 3.55. The number of amides is 1. The Morgan fingerprint density at radius 2 is 2.24 bits per heavy atom. The predicted octanol–water partition coefficient (Wildman–Crippen LogP) is 1.23. The highest BCUT2D eigenvalue weighted by molar-refractivity contribution is 5.94. The van der Waals surface area contributed by atoms with Crippen LogP contribution < -0.4 is 16.0 Å². The first kappa shape index (κ1) is 13.5. The summed E-state index contributed by atoms with van der Waals surface area (Å²) < 4.78 is 10.6. The smallest absolute Gasteiger partial charge is 0.265 e. The van der Waals surface area contributed by atoms with E-state index in [0.29, 0.717) is 24.5 Å². The average molecular weight is 238 g/mol. The van der Waals surface area contributed by atoms with Crippen molar-refractivity contribution >= 4 is 5.91 Å². The van der Waals surface area contributed by atoms with Gasteiger partial charge in [0.25, 0.3) is 5.91 Å². The van der Waals surface area contributed by atoms with E-state index in [1.54, 1.807) is 25.3 Å². The quantitative estimate of drug-likeness (QED) is 0.338. The van der Waals surface area contributed by atoms with Crippen molar-refractivity contribution in [2.45, 2.75) is 20.0 Å². The zero-order valence-electron chi connectivity index (χ0n) is 10.2. The van der Waals surface area contributed by atoms with E-state index in [1.807, 2.05) is 6.92 Å². The lowest BCUT2D eigenvalue weighted by molar-refractivity contribution is 0.0952. The molecule has 5 nitrogen and oxygen atoms in total. The molecule has 17 heavy (non-hydrogen) atoms. The minimum absolute atomic E-state index is 0.329. The molecule has 1 aromatic carbocycles. The van der Waals surface area contributed by atoms with Gasteiger partial charge >= 0.3 is 0 Å². The fourth-order valence-corrected chi connectivity index (χ4v) is 1.44. The number of ether oxygens (including phenoxy) is 2. The fourth-order valence-electron chi connectivity index (χ4n) is 1.44. The van der Waals surface area contributed by atoms with Crippen LogP contribution in [-0.4, -0.2) is 19.6 Å². The topological polar surface area (TPSA) is 73.6 Å². The molecule has 0 saturated carbocycles. The second kappa shape index (κ2) is 6.88. The number of nitrogens with one attached hydrogen (secondary N) is 1. The van der Waals surface area contributed by atoms with Crippen molar-refractivity contribution in [1.29, 1.82) is 0 Å². The molecule has 0 unspecified atom stereocenters. The first-order valence-electron chi connectivity index (χ1n) is 5.48. The Kier molecular flexibility index (Phi) is 5.45. The molecular weight excluding hydrogens is 220 g/mol. The number of hydrogen-bond acceptors (Lipinski definition) is 4. The highest BCUT2D eigenvalue weighted by Gasteiger charge is 2.09. The van der Waals surface area contributed by atoms with E-state index in [2.05, 4.69) is 5.43 Å². The van der Waals surface area contributed by atoms with Crippen LogP contribution in [0.5, 0.6) is 5.75 Å². The van der Waals surface area contributed by atoms with Crippen LogP contribution in [0.3, 0.4) is 0 Å². The predicted molar refractivity (Wildman–Crippen MR) is 64.6 cm³/mol.